The second kappa shape index (κ2) is 9.29. The van der Waals surface area contributed by atoms with Gasteiger partial charge in [0, 0.05) is 38.5 Å². The fourth-order valence-corrected chi connectivity index (χ4v) is 3.62. The molecule has 3 atom stereocenters. The first-order valence-electron chi connectivity index (χ1n) is 9.90. The summed E-state index contributed by atoms with van der Waals surface area (Å²) < 4.78 is 47.5. The van der Waals surface area contributed by atoms with Crippen molar-refractivity contribution in [3.05, 3.63) is 46.4 Å². The third-order valence-corrected chi connectivity index (χ3v) is 5.42. The van der Waals surface area contributed by atoms with Crippen LogP contribution in [0.4, 0.5) is 24.5 Å². The highest BCUT2D eigenvalue weighted by Gasteiger charge is 2.38. The second-order valence-electron chi connectivity index (χ2n) is 7.65. The number of methoxy groups -OCH3 is 1. The molecule has 7 nitrogen and oxygen atoms in total. The first-order chi connectivity index (χ1) is 14.6. The maximum Gasteiger partial charge on any atom is 0.522 e. The summed E-state index contributed by atoms with van der Waals surface area (Å²) in [5.41, 5.74) is 9.60. The predicted octanol–water partition coefficient (Wildman–Crippen LogP) is 2.84. The van der Waals surface area contributed by atoms with E-state index in [1.54, 1.807) is 33.3 Å². The van der Waals surface area contributed by atoms with Gasteiger partial charge >= 0.3 is 6.36 Å². The lowest BCUT2D eigenvalue weighted by Gasteiger charge is -2.42. The van der Waals surface area contributed by atoms with E-state index in [1.165, 1.54) is 4.57 Å². The summed E-state index contributed by atoms with van der Waals surface area (Å²) in [6.45, 7) is 1.17. The largest absolute Gasteiger partial charge is 0.522 e. The minimum absolute atomic E-state index is 0.0115. The maximum absolute atomic E-state index is 12.3. The number of anilines is 2. The van der Waals surface area contributed by atoms with E-state index in [1.807, 2.05) is 18.2 Å². The van der Waals surface area contributed by atoms with Crippen LogP contribution < -0.4 is 21.9 Å². The van der Waals surface area contributed by atoms with Gasteiger partial charge in [0.15, 0.2) is 0 Å². The third kappa shape index (κ3) is 5.57. The number of hydrogen-bond acceptors (Lipinski definition) is 6. The van der Waals surface area contributed by atoms with Crippen molar-refractivity contribution in [1.82, 2.24) is 4.57 Å². The molecule has 0 radical (unpaired) electrons. The topological polar surface area (TPSA) is 90.5 Å². The number of aromatic nitrogens is 1. The van der Waals surface area contributed by atoms with E-state index in [-0.39, 0.29) is 30.3 Å². The van der Waals surface area contributed by atoms with Crippen molar-refractivity contribution >= 4 is 11.4 Å². The van der Waals surface area contributed by atoms with Crippen LogP contribution in [-0.4, -0.2) is 49.4 Å². The van der Waals surface area contributed by atoms with Crippen LogP contribution in [0.15, 0.2) is 35.3 Å². The molecule has 1 fully saturated rings. The van der Waals surface area contributed by atoms with E-state index in [2.05, 4.69) is 15.4 Å². The number of pyridine rings is 1. The Balaban J connectivity index is 1.83. The Bertz CT molecular complexity index is 951. The minimum atomic E-state index is -4.68. The number of halogens is 3. The Labute approximate surface area is 178 Å². The molecule has 1 aromatic heterocycles. The Kier molecular flexibility index (Phi) is 6.93. The first kappa shape index (κ1) is 23.1. The summed E-state index contributed by atoms with van der Waals surface area (Å²) in [5.74, 6) is 0. The molecule has 0 amide bonds. The molecule has 2 aromatic rings. The standard InChI is InChI=1S/C21H27F3N4O3/c1-12-8-14(11-28(2)20(12)29)13-4-5-15(27-17-10-18(30-3)19(17)25)16(9-13)26-6-7-31-21(22,23)24/h4-5,8-9,11,17-19,26-27H,6-7,10,25H2,1-3H3. The van der Waals surface area contributed by atoms with Gasteiger partial charge in [0.25, 0.3) is 5.56 Å². The fraction of sp³-hybridized carbons (Fsp3) is 0.476. The van der Waals surface area contributed by atoms with Crippen LogP contribution in [0.25, 0.3) is 11.1 Å². The number of nitrogens with one attached hydrogen (secondary N) is 2. The third-order valence-electron chi connectivity index (χ3n) is 5.42. The van der Waals surface area contributed by atoms with Gasteiger partial charge < -0.3 is 25.7 Å². The second-order valence-corrected chi connectivity index (χ2v) is 7.65. The van der Waals surface area contributed by atoms with Crippen LogP contribution >= 0.6 is 0 Å². The van der Waals surface area contributed by atoms with E-state index in [9.17, 15) is 18.0 Å². The van der Waals surface area contributed by atoms with Crippen molar-refractivity contribution in [3.8, 4) is 11.1 Å². The summed E-state index contributed by atoms with van der Waals surface area (Å²) in [6, 6.07) is 7.14. The molecule has 31 heavy (non-hydrogen) atoms. The molecule has 1 aliphatic carbocycles. The van der Waals surface area contributed by atoms with Crippen LogP contribution in [0.5, 0.6) is 0 Å². The average Bonchev–Trinajstić information content (AvgIpc) is 2.71. The quantitative estimate of drug-likeness (QED) is 0.547. The van der Waals surface area contributed by atoms with Crippen molar-refractivity contribution in [1.29, 1.82) is 0 Å². The van der Waals surface area contributed by atoms with Crippen LogP contribution in [0.3, 0.4) is 0 Å². The van der Waals surface area contributed by atoms with Crippen molar-refractivity contribution in [3.63, 3.8) is 0 Å². The van der Waals surface area contributed by atoms with Gasteiger partial charge in [-0.2, -0.15) is 0 Å². The predicted molar refractivity (Wildman–Crippen MR) is 113 cm³/mol. The van der Waals surface area contributed by atoms with Crippen molar-refractivity contribution in [2.24, 2.45) is 12.8 Å². The van der Waals surface area contributed by atoms with Crippen LogP contribution in [0, 0.1) is 6.92 Å². The molecular formula is C21H27F3N4O3. The van der Waals surface area contributed by atoms with Gasteiger partial charge in [-0.3, -0.25) is 9.53 Å². The molecule has 1 aromatic carbocycles. The molecule has 3 unspecified atom stereocenters. The molecule has 4 N–H and O–H groups in total. The number of aryl methyl sites for hydroxylation is 2. The highest BCUT2D eigenvalue weighted by atomic mass is 19.4. The van der Waals surface area contributed by atoms with Crippen molar-refractivity contribution in [2.45, 2.75) is 37.9 Å². The Hall–Kier alpha value is -2.56. The number of nitrogens with zero attached hydrogens (tertiary/aromatic N) is 1. The minimum Gasteiger partial charge on any atom is -0.381 e. The van der Waals surface area contributed by atoms with Gasteiger partial charge in [0.2, 0.25) is 0 Å². The normalized spacial score (nSPS) is 20.9. The zero-order valence-corrected chi connectivity index (χ0v) is 17.6. The van der Waals surface area contributed by atoms with Gasteiger partial charge in [0.05, 0.1) is 30.1 Å². The first-order valence-corrected chi connectivity index (χ1v) is 9.90. The molecule has 0 spiro atoms. The van der Waals surface area contributed by atoms with Crippen LogP contribution in [0.1, 0.15) is 12.0 Å². The summed E-state index contributed by atoms with van der Waals surface area (Å²) in [6.07, 6.45) is -2.25. The number of benzene rings is 1. The molecule has 1 heterocycles. The molecule has 1 aliphatic rings. The summed E-state index contributed by atoms with van der Waals surface area (Å²) >= 11 is 0. The van der Waals surface area contributed by atoms with Crippen LogP contribution in [-0.2, 0) is 16.5 Å². The SMILES string of the molecule is COC1CC(Nc2ccc(-c3cc(C)c(=O)n(C)c3)cc2NCCOC(F)(F)F)C1N. The lowest BCUT2D eigenvalue weighted by Crippen LogP contribution is -2.60. The summed E-state index contributed by atoms with van der Waals surface area (Å²) in [7, 11) is 3.28. The van der Waals surface area contributed by atoms with E-state index >= 15 is 0 Å². The Morgan fingerprint density at radius 2 is 1.97 bits per heavy atom. The highest BCUT2D eigenvalue weighted by molar-refractivity contribution is 5.78. The van der Waals surface area contributed by atoms with E-state index in [0.29, 0.717) is 16.9 Å². The van der Waals surface area contributed by atoms with Crippen molar-refractivity contribution < 1.29 is 22.6 Å². The smallest absolute Gasteiger partial charge is 0.381 e. The van der Waals surface area contributed by atoms with Crippen molar-refractivity contribution in [2.75, 3.05) is 30.9 Å². The number of rotatable bonds is 8. The van der Waals surface area contributed by atoms with Gasteiger partial charge in [-0.05, 0) is 42.7 Å². The number of hydrogen-bond donors (Lipinski definition) is 3. The molecule has 0 saturated heterocycles. The molecule has 0 aliphatic heterocycles. The molecule has 170 valence electrons. The van der Waals surface area contributed by atoms with E-state index < -0.39 is 13.0 Å². The van der Waals surface area contributed by atoms with Crippen LogP contribution in [0.2, 0.25) is 0 Å². The zero-order valence-electron chi connectivity index (χ0n) is 17.6. The molecular weight excluding hydrogens is 413 g/mol. The Morgan fingerprint density at radius 1 is 1.23 bits per heavy atom. The monoisotopic (exact) mass is 440 g/mol. The Morgan fingerprint density at radius 3 is 2.58 bits per heavy atom. The van der Waals surface area contributed by atoms with E-state index in [0.717, 1.165) is 17.5 Å². The summed E-state index contributed by atoms with van der Waals surface area (Å²) in [5, 5.41) is 6.35. The summed E-state index contributed by atoms with van der Waals surface area (Å²) in [4.78, 5) is 12.0. The molecule has 10 heteroatoms. The van der Waals surface area contributed by atoms with Gasteiger partial charge in [-0.15, -0.1) is 13.2 Å². The van der Waals surface area contributed by atoms with Gasteiger partial charge in [0.1, 0.15) is 0 Å². The highest BCUT2D eigenvalue weighted by Crippen LogP contribution is 2.33. The fourth-order valence-electron chi connectivity index (χ4n) is 3.62. The number of ether oxygens (including phenoxy) is 2. The maximum atomic E-state index is 12.3. The lowest BCUT2D eigenvalue weighted by atomic mass is 9.83. The average molecular weight is 440 g/mol. The van der Waals surface area contributed by atoms with Gasteiger partial charge in [-0.25, -0.2) is 0 Å². The molecule has 3 rings (SSSR count). The number of alkyl halides is 3. The zero-order chi connectivity index (χ0) is 22.8. The number of nitrogens with two attached hydrogens (primary N) is 1. The molecule has 1 saturated carbocycles. The lowest BCUT2D eigenvalue weighted by molar-refractivity contribution is -0.322. The molecule has 0 bridgehead atoms. The van der Waals surface area contributed by atoms with Gasteiger partial charge in [-0.1, -0.05) is 6.07 Å². The van der Waals surface area contributed by atoms with E-state index in [4.69, 9.17) is 10.5 Å².